The highest BCUT2D eigenvalue weighted by Gasteiger charge is 2.29. The van der Waals surface area contributed by atoms with Crippen LogP contribution in [0, 0.1) is 0 Å². The summed E-state index contributed by atoms with van der Waals surface area (Å²) in [7, 11) is 0. The lowest BCUT2D eigenvalue weighted by Gasteiger charge is -2.39. The van der Waals surface area contributed by atoms with E-state index in [4.69, 9.17) is 9.72 Å². The molecule has 0 unspecified atom stereocenters. The molecule has 3 rings (SSSR count). The standard InChI is InChI=1S/C17H27N5O2/c1-4-15(23)21-9-7-20(8-10-21)14-5-6-18-16(19-14)22-11-12-24-17(2,3)13-22/h5-6H,4,7-13H2,1-3H3. The van der Waals surface area contributed by atoms with E-state index in [1.54, 1.807) is 0 Å². The van der Waals surface area contributed by atoms with Gasteiger partial charge in [-0.15, -0.1) is 0 Å². The summed E-state index contributed by atoms with van der Waals surface area (Å²) in [4.78, 5) is 27.4. The largest absolute Gasteiger partial charge is 0.372 e. The number of anilines is 2. The van der Waals surface area contributed by atoms with Gasteiger partial charge in [-0.3, -0.25) is 4.79 Å². The third-order valence-electron chi connectivity index (χ3n) is 4.60. The molecule has 0 saturated carbocycles. The number of carbonyl (C=O) groups excluding carboxylic acids is 1. The van der Waals surface area contributed by atoms with E-state index in [0.717, 1.165) is 51.0 Å². The number of carbonyl (C=O) groups is 1. The molecule has 0 aromatic carbocycles. The second-order valence-corrected chi connectivity index (χ2v) is 6.97. The van der Waals surface area contributed by atoms with E-state index >= 15 is 0 Å². The maximum Gasteiger partial charge on any atom is 0.227 e. The van der Waals surface area contributed by atoms with Gasteiger partial charge in [-0.05, 0) is 19.9 Å². The van der Waals surface area contributed by atoms with Gasteiger partial charge >= 0.3 is 0 Å². The first kappa shape index (κ1) is 17.0. The minimum absolute atomic E-state index is 0.177. The van der Waals surface area contributed by atoms with E-state index in [2.05, 4.69) is 28.6 Å². The van der Waals surface area contributed by atoms with Crippen LogP contribution in [0.1, 0.15) is 27.2 Å². The van der Waals surface area contributed by atoms with Crippen molar-refractivity contribution in [3.63, 3.8) is 0 Å². The van der Waals surface area contributed by atoms with Crippen LogP contribution >= 0.6 is 0 Å². The van der Waals surface area contributed by atoms with Crippen molar-refractivity contribution < 1.29 is 9.53 Å². The Kier molecular flexibility index (Phi) is 4.89. The number of ether oxygens (including phenoxy) is 1. The highest BCUT2D eigenvalue weighted by Crippen LogP contribution is 2.22. The average molecular weight is 333 g/mol. The third kappa shape index (κ3) is 3.77. The van der Waals surface area contributed by atoms with Crippen LogP contribution in [0.2, 0.25) is 0 Å². The molecule has 0 aliphatic carbocycles. The van der Waals surface area contributed by atoms with E-state index < -0.39 is 0 Å². The average Bonchev–Trinajstić information content (AvgIpc) is 2.60. The zero-order chi connectivity index (χ0) is 17.2. The maximum atomic E-state index is 11.8. The van der Waals surface area contributed by atoms with Gasteiger partial charge in [0.25, 0.3) is 0 Å². The van der Waals surface area contributed by atoms with E-state index in [0.29, 0.717) is 13.0 Å². The molecular formula is C17H27N5O2. The Balaban J connectivity index is 1.67. The number of hydrogen-bond donors (Lipinski definition) is 0. The van der Waals surface area contributed by atoms with Gasteiger partial charge in [-0.2, -0.15) is 4.98 Å². The molecule has 2 fully saturated rings. The first-order valence-corrected chi connectivity index (χ1v) is 8.73. The summed E-state index contributed by atoms with van der Waals surface area (Å²) in [5, 5.41) is 0. The minimum Gasteiger partial charge on any atom is -0.372 e. The molecule has 0 N–H and O–H groups in total. The minimum atomic E-state index is -0.177. The second kappa shape index (κ2) is 6.93. The fourth-order valence-electron chi connectivity index (χ4n) is 3.26. The van der Waals surface area contributed by atoms with Gasteiger partial charge in [-0.1, -0.05) is 6.92 Å². The van der Waals surface area contributed by atoms with Crippen LogP contribution in [0.25, 0.3) is 0 Å². The normalized spacial score (nSPS) is 21.0. The third-order valence-corrected chi connectivity index (χ3v) is 4.60. The fraction of sp³-hybridized carbons (Fsp3) is 0.706. The number of nitrogens with zero attached hydrogens (tertiary/aromatic N) is 5. The highest BCUT2D eigenvalue weighted by molar-refractivity contribution is 5.76. The van der Waals surface area contributed by atoms with Gasteiger partial charge in [0.05, 0.1) is 12.2 Å². The molecule has 1 aromatic rings. The summed E-state index contributed by atoms with van der Waals surface area (Å²) in [5.41, 5.74) is -0.177. The molecule has 1 aromatic heterocycles. The maximum absolute atomic E-state index is 11.8. The zero-order valence-corrected chi connectivity index (χ0v) is 14.9. The van der Waals surface area contributed by atoms with Gasteiger partial charge in [0, 0.05) is 51.9 Å². The lowest BCUT2D eigenvalue weighted by molar-refractivity contribution is -0.131. The molecule has 24 heavy (non-hydrogen) atoms. The van der Waals surface area contributed by atoms with Crippen LogP contribution in [-0.2, 0) is 9.53 Å². The van der Waals surface area contributed by atoms with Crippen LogP contribution in [0.4, 0.5) is 11.8 Å². The number of aromatic nitrogens is 2. The van der Waals surface area contributed by atoms with Crippen molar-refractivity contribution >= 4 is 17.7 Å². The molecule has 7 heteroatoms. The molecule has 1 amide bonds. The van der Waals surface area contributed by atoms with Crippen LogP contribution in [0.15, 0.2) is 12.3 Å². The lowest BCUT2D eigenvalue weighted by atomic mass is 10.1. The molecule has 0 atom stereocenters. The summed E-state index contributed by atoms with van der Waals surface area (Å²) in [5.74, 6) is 1.93. The van der Waals surface area contributed by atoms with E-state index in [9.17, 15) is 4.79 Å². The number of morpholine rings is 1. The lowest BCUT2D eigenvalue weighted by Crippen LogP contribution is -2.50. The van der Waals surface area contributed by atoms with Crippen LogP contribution < -0.4 is 9.80 Å². The summed E-state index contributed by atoms with van der Waals surface area (Å²) in [6, 6.07) is 1.95. The first-order chi connectivity index (χ1) is 11.5. The molecule has 0 spiro atoms. The second-order valence-electron chi connectivity index (χ2n) is 6.97. The van der Waals surface area contributed by atoms with Crippen LogP contribution in [0.3, 0.4) is 0 Å². The van der Waals surface area contributed by atoms with Gasteiger partial charge in [0.15, 0.2) is 0 Å². The van der Waals surface area contributed by atoms with Crippen molar-refractivity contribution in [2.45, 2.75) is 32.8 Å². The fourth-order valence-corrected chi connectivity index (χ4v) is 3.26. The van der Waals surface area contributed by atoms with E-state index in [-0.39, 0.29) is 11.5 Å². The molecule has 7 nitrogen and oxygen atoms in total. The van der Waals surface area contributed by atoms with Gasteiger partial charge in [0.1, 0.15) is 5.82 Å². The van der Waals surface area contributed by atoms with E-state index in [1.807, 2.05) is 24.1 Å². The quantitative estimate of drug-likeness (QED) is 0.827. The number of amides is 1. The van der Waals surface area contributed by atoms with E-state index in [1.165, 1.54) is 0 Å². The number of rotatable bonds is 3. The van der Waals surface area contributed by atoms with Crippen molar-refractivity contribution in [1.82, 2.24) is 14.9 Å². The van der Waals surface area contributed by atoms with Gasteiger partial charge < -0.3 is 19.4 Å². The Hall–Kier alpha value is -1.89. The Labute approximate surface area is 143 Å². The monoisotopic (exact) mass is 333 g/mol. The summed E-state index contributed by atoms with van der Waals surface area (Å²) >= 11 is 0. The molecule has 0 bridgehead atoms. The molecule has 2 aliphatic rings. The first-order valence-electron chi connectivity index (χ1n) is 8.73. The Morgan fingerprint density at radius 1 is 1.21 bits per heavy atom. The van der Waals surface area contributed by atoms with Crippen molar-refractivity contribution in [3.05, 3.63) is 12.3 Å². The van der Waals surface area contributed by atoms with Crippen molar-refractivity contribution in [2.75, 3.05) is 55.7 Å². The van der Waals surface area contributed by atoms with Gasteiger partial charge in [0.2, 0.25) is 11.9 Å². The molecule has 2 aliphatic heterocycles. The Morgan fingerprint density at radius 3 is 2.62 bits per heavy atom. The summed E-state index contributed by atoms with van der Waals surface area (Å²) in [6.07, 6.45) is 2.40. The Bertz CT molecular complexity index is 584. The zero-order valence-electron chi connectivity index (χ0n) is 14.9. The Morgan fingerprint density at radius 2 is 1.96 bits per heavy atom. The number of piperazine rings is 1. The predicted molar refractivity (Wildman–Crippen MR) is 93.4 cm³/mol. The van der Waals surface area contributed by atoms with Crippen molar-refractivity contribution in [1.29, 1.82) is 0 Å². The van der Waals surface area contributed by atoms with Crippen LogP contribution in [-0.4, -0.2) is 72.3 Å². The smallest absolute Gasteiger partial charge is 0.227 e. The number of hydrogen-bond acceptors (Lipinski definition) is 6. The molecule has 2 saturated heterocycles. The highest BCUT2D eigenvalue weighted by atomic mass is 16.5. The summed E-state index contributed by atoms with van der Waals surface area (Å²) < 4.78 is 5.76. The molecule has 132 valence electrons. The van der Waals surface area contributed by atoms with Crippen LogP contribution in [0.5, 0.6) is 0 Å². The molecule has 3 heterocycles. The summed E-state index contributed by atoms with van der Waals surface area (Å²) in [6.45, 7) is 11.5. The predicted octanol–water partition coefficient (Wildman–Crippen LogP) is 1.15. The molecule has 0 radical (unpaired) electrons. The SMILES string of the molecule is CCC(=O)N1CCN(c2ccnc(N3CCOC(C)(C)C3)n2)CC1. The van der Waals surface area contributed by atoms with Crippen molar-refractivity contribution in [3.8, 4) is 0 Å². The van der Waals surface area contributed by atoms with Crippen molar-refractivity contribution in [2.24, 2.45) is 0 Å². The molecular weight excluding hydrogens is 306 g/mol. The topological polar surface area (TPSA) is 61.8 Å². The van der Waals surface area contributed by atoms with Gasteiger partial charge in [-0.25, -0.2) is 4.98 Å².